The van der Waals surface area contributed by atoms with Gasteiger partial charge in [0.05, 0.1) is 0 Å². The van der Waals surface area contributed by atoms with Crippen molar-refractivity contribution in [3.63, 3.8) is 0 Å². The summed E-state index contributed by atoms with van der Waals surface area (Å²) in [4.78, 5) is 0. The zero-order valence-corrected chi connectivity index (χ0v) is 5.38. The van der Waals surface area contributed by atoms with Crippen molar-refractivity contribution in [3.8, 4) is 23.0 Å². The number of hydrogen-bond donors (Lipinski definition) is 2. The Hall–Kier alpha value is -1.38. The minimum absolute atomic E-state index is 0.109. The first-order valence-electron chi connectivity index (χ1n) is 2.93. The highest BCUT2D eigenvalue weighted by molar-refractivity contribution is 5.67. The van der Waals surface area contributed by atoms with E-state index in [0.29, 0.717) is 11.5 Å². The zero-order valence-electron chi connectivity index (χ0n) is 5.38. The second-order valence-corrected chi connectivity index (χ2v) is 2.30. The molecule has 3 heteroatoms. The van der Waals surface area contributed by atoms with E-state index in [9.17, 15) is 0 Å². The highest BCUT2D eigenvalue weighted by Gasteiger charge is 2.25. The number of rotatable bonds is 0. The zero-order chi connectivity index (χ0) is 7.30. The average Bonchev–Trinajstić information content (AvgIpc) is 1.92. The van der Waals surface area contributed by atoms with Gasteiger partial charge >= 0.3 is 0 Å². The van der Waals surface area contributed by atoms with E-state index in [2.05, 4.69) is 0 Å². The van der Waals surface area contributed by atoms with Gasteiger partial charge in [-0.25, -0.2) is 0 Å². The number of hydrogen-bond acceptors (Lipinski definition) is 3. The molecule has 2 N–H and O–H groups in total. The van der Waals surface area contributed by atoms with Crippen molar-refractivity contribution in [1.29, 1.82) is 0 Å². The monoisotopic (exact) mass is 138 g/mol. The average molecular weight is 138 g/mol. The lowest BCUT2D eigenvalue weighted by Gasteiger charge is -2.22. The highest BCUT2D eigenvalue weighted by Crippen LogP contribution is 2.52. The summed E-state index contributed by atoms with van der Waals surface area (Å²) in [6.07, 6.45) is 0. The normalized spacial score (nSPS) is 12.1. The molecule has 2 aliphatic rings. The number of fused-ring (bicyclic) bond motifs is 2. The van der Waals surface area contributed by atoms with E-state index >= 15 is 0 Å². The molecule has 0 fully saturated rings. The fraction of sp³-hybridized carbons (Fsp3) is 0.143. The number of ether oxygens (including phenoxy) is 1. The number of phenolic OH excluding ortho intramolecular Hbond substituents is 2. The Bertz CT molecular complexity index is 295. The predicted octanol–water partition coefficient (Wildman–Crippen LogP) is 1.51. The van der Waals surface area contributed by atoms with Crippen molar-refractivity contribution in [2.75, 3.05) is 0 Å². The van der Waals surface area contributed by atoms with Crippen molar-refractivity contribution in [2.24, 2.45) is 0 Å². The Morgan fingerprint density at radius 3 is 2.50 bits per heavy atom. The summed E-state index contributed by atoms with van der Waals surface area (Å²) in [6.45, 7) is 1.83. The van der Waals surface area contributed by atoms with Crippen LogP contribution in [0.3, 0.4) is 0 Å². The van der Waals surface area contributed by atoms with Gasteiger partial charge in [0.25, 0.3) is 0 Å². The maximum Gasteiger partial charge on any atom is 0.201 e. The quantitative estimate of drug-likeness (QED) is 0.542. The van der Waals surface area contributed by atoms with Gasteiger partial charge in [-0.15, -0.1) is 0 Å². The first-order valence-corrected chi connectivity index (χ1v) is 2.93. The van der Waals surface area contributed by atoms with Crippen LogP contribution < -0.4 is 4.74 Å². The molecule has 0 radical (unpaired) electrons. The summed E-state index contributed by atoms with van der Waals surface area (Å²) >= 11 is 0. The summed E-state index contributed by atoms with van der Waals surface area (Å²) in [5.41, 5.74) is 0.898. The number of aromatic hydroxyl groups is 2. The molecule has 2 bridgehead atoms. The minimum atomic E-state index is -0.160. The highest BCUT2D eigenvalue weighted by atomic mass is 16.5. The van der Waals surface area contributed by atoms with Crippen LogP contribution in [0.2, 0.25) is 0 Å². The van der Waals surface area contributed by atoms with E-state index < -0.39 is 0 Å². The van der Waals surface area contributed by atoms with Crippen molar-refractivity contribution in [1.82, 2.24) is 0 Å². The van der Waals surface area contributed by atoms with Crippen molar-refractivity contribution in [2.45, 2.75) is 6.92 Å². The van der Waals surface area contributed by atoms with E-state index in [4.69, 9.17) is 14.9 Å². The number of benzene rings is 1. The van der Waals surface area contributed by atoms with Crippen LogP contribution in [-0.2, 0) is 0 Å². The third-order valence-corrected chi connectivity index (χ3v) is 1.65. The van der Waals surface area contributed by atoms with Crippen LogP contribution in [0.1, 0.15) is 5.56 Å². The molecule has 0 saturated heterocycles. The van der Waals surface area contributed by atoms with Gasteiger partial charge in [-0.3, -0.25) is 0 Å². The number of phenols is 2. The lowest BCUT2D eigenvalue weighted by molar-refractivity contribution is 0.338. The van der Waals surface area contributed by atoms with Gasteiger partial charge in [-0.1, -0.05) is 0 Å². The smallest absolute Gasteiger partial charge is 0.201 e. The first kappa shape index (κ1) is 5.41. The molecule has 0 atom stereocenters. The molecule has 0 aromatic heterocycles. The van der Waals surface area contributed by atoms with Gasteiger partial charge in [0.15, 0.2) is 11.5 Å². The molecule has 2 heterocycles. The summed E-state index contributed by atoms with van der Waals surface area (Å²) < 4.78 is 4.94. The molecule has 3 nitrogen and oxygen atoms in total. The van der Waals surface area contributed by atoms with Crippen LogP contribution in [0.4, 0.5) is 0 Å². The predicted molar refractivity (Wildman–Crippen MR) is 34.6 cm³/mol. The third kappa shape index (κ3) is 0.409. The summed E-state index contributed by atoms with van der Waals surface area (Å²) in [7, 11) is 0. The summed E-state index contributed by atoms with van der Waals surface area (Å²) in [5.74, 6) is 0.773. The van der Waals surface area contributed by atoms with Crippen LogP contribution in [0.5, 0.6) is 23.0 Å². The van der Waals surface area contributed by atoms with Gasteiger partial charge in [0.2, 0.25) is 5.75 Å². The molecule has 0 saturated carbocycles. The van der Waals surface area contributed by atoms with Crippen LogP contribution in [0.25, 0.3) is 0 Å². The molecule has 0 amide bonds. The van der Waals surface area contributed by atoms with Gasteiger partial charge in [0, 0.05) is 11.6 Å². The second-order valence-electron chi connectivity index (χ2n) is 2.30. The number of aryl methyl sites for hydroxylation is 1. The topological polar surface area (TPSA) is 49.7 Å². The van der Waals surface area contributed by atoms with E-state index in [1.165, 1.54) is 6.07 Å². The van der Waals surface area contributed by atoms with Crippen LogP contribution in [0.15, 0.2) is 6.07 Å². The summed E-state index contributed by atoms with van der Waals surface area (Å²) in [5, 5.41) is 18.0. The molecule has 2 aliphatic heterocycles. The van der Waals surface area contributed by atoms with Crippen LogP contribution >= 0.6 is 0 Å². The minimum Gasteiger partial charge on any atom is -0.504 e. The maximum atomic E-state index is 9.06. The molecule has 0 aliphatic carbocycles. The van der Waals surface area contributed by atoms with Gasteiger partial charge in [-0.2, -0.15) is 0 Å². The lowest BCUT2D eigenvalue weighted by Crippen LogP contribution is -2.00. The van der Waals surface area contributed by atoms with Crippen molar-refractivity contribution >= 4 is 0 Å². The fourth-order valence-electron chi connectivity index (χ4n) is 1.00. The fourth-order valence-corrected chi connectivity index (χ4v) is 1.00. The van der Waals surface area contributed by atoms with Gasteiger partial charge in [0.1, 0.15) is 5.75 Å². The van der Waals surface area contributed by atoms with Crippen molar-refractivity contribution in [3.05, 3.63) is 11.6 Å². The van der Waals surface area contributed by atoms with E-state index in [-0.39, 0.29) is 11.5 Å². The van der Waals surface area contributed by atoms with Crippen molar-refractivity contribution < 1.29 is 14.9 Å². The SMILES string of the molecule is Cc1c2cc(O)c(O)c1O2. The van der Waals surface area contributed by atoms with Gasteiger partial charge < -0.3 is 14.9 Å². The van der Waals surface area contributed by atoms with E-state index in [1.807, 2.05) is 6.92 Å². The van der Waals surface area contributed by atoms with Crippen LogP contribution in [-0.4, -0.2) is 10.2 Å². The Labute approximate surface area is 57.5 Å². The largest absolute Gasteiger partial charge is 0.504 e. The molecule has 0 unspecified atom stereocenters. The molecule has 1 aromatic rings. The Kier molecular flexibility index (Phi) is 0.740. The third-order valence-electron chi connectivity index (χ3n) is 1.65. The standard InChI is InChI=1S/C7H6O3/c1-3-5-2-4(8)6(9)7(3)10-5/h2,8-9H,1H3. The molecule has 3 rings (SSSR count). The molecule has 0 spiro atoms. The molecule has 10 heavy (non-hydrogen) atoms. The first-order chi connectivity index (χ1) is 4.70. The van der Waals surface area contributed by atoms with E-state index in [0.717, 1.165) is 5.56 Å². The van der Waals surface area contributed by atoms with Crippen LogP contribution in [0, 0.1) is 6.92 Å². The molecular formula is C7H6O3. The Morgan fingerprint density at radius 2 is 2.10 bits per heavy atom. The van der Waals surface area contributed by atoms with Gasteiger partial charge in [-0.05, 0) is 6.92 Å². The lowest BCUT2D eigenvalue weighted by atomic mass is 10.1. The van der Waals surface area contributed by atoms with E-state index in [1.54, 1.807) is 0 Å². The Morgan fingerprint density at radius 1 is 1.40 bits per heavy atom. The Balaban J connectivity index is 2.74. The second kappa shape index (κ2) is 1.37. The molecular weight excluding hydrogens is 132 g/mol. The summed E-state index contributed by atoms with van der Waals surface area (Å²) in [6, 6.07) is 1.40. The molecule has 1 aromatic carbocycles. The maximum absolute atomic E-state index is 9.06. The molecule has 52 valence electrons.